The molecule has 2 heterocycles. The molecule has 0 saturated carbocycles. The SMILES string of the molecule is CC(=O)OC[C@H]1O[C@@H]2[C@@H](Sc3ccc(Cl)cc3N2Cc2ccccc2)[C@@H](OC(C)=O)[C@@H]1OC(C)=O. The average Bonchev–Trinajstić information content (AvgIpc) is 2.80. The minimum absolute atomic E-state index is 0.166. The van der Waals surface area contributed by atoms with E-state index in [4.69, 9.17) is 30.5 Å². The Morgan fingerprint density at radius 3 is 2.31 bits per heavy atom. The molecule has 0 aliphatic carbocycles. The monoisotopic (exact) mass is 519 g/mol. The maximum Gasteiger partial charge on any atom is 0.303 e. The van der Waals surface area contributed by atoms with Crippen LogP contribution in [0.3, 0.4) is 0 Å². The van der Waals surface area contributed by atoms with E-state index in [0.29, 0.717) is 11.6 Å². The number of anilines is 1. The third-order valence-corrected chi connectivity index (χ3v) is 7.27. The molecule has 8 nitrogen and oxygen atoms in total. The van der Waals surface area contributed by atoms with E-state index in [9.17, 15) is 14.4 Å². The molecule has 10 heteroatoms. The Labute approximate surface area is 212 Å². The van der Waals surface area contributed by atoms with E-state index in [2.05, 4.69) is 4.90 Å². The minimum Gasteiger partial charge on any atom is -0.463 e. The molecular formula is C25H26ClNO7S. The summed E-state index contributed by atoms with van der Waals surface area (Å²) in [4.78, 5) is 38.6. The van der Waals surface area contributed by atoms with Crippen molar-refractivity contribution >= 4 is 47.0 Å². The predicted octanol–water partition coefficient (Wildman–Crippen LogP) is 3.97. The van der Waals surface area contributed by atoms with Gasteiger partial charge in [0, 0.05) is 37.2 Å². The molecule has 0 amide bonds. The number of thioether (sulfide) groups is 1. The second-order valence-electron chi connectivity index (χ2n) is 8.32. The van der Waals surface area contributed by atoms with Crippen LogP contribution in [0, 0.1) is 0 Å². The summed E-state index contributed by atoms with van der Waals surface area (Å²) in [6.45, 7) is 4.18. The van der Waals surface area contributed by atoms with E-state index in [1.54, 1.807) is 6.07 Å². The van der Waals surface area contributed by atoms with E-state index in [0.717, 1.165) is 16.1 Å². The number of benzene rings is 2. The molecule has 2 aromatic carbocycles. The van der Waals surface area contributed by atoms with Gasteiger partial charge in [0.1, 0.15) is 18.9 Å². The summed E-state index contributed by atoms with van der Waals surface area (Å²) in [6, 6.07) is 15.4. The Hall–Kier alpha value is -2.75. The van der Waals surface area contributed by atoms with Crippen LogP contribution in [0.4, 0.5) is 5.69 Å². The first kappa shape index (κ1) is 25.3. The molecule has 0 unspecified atom stereocenters. The summed E-state index contributed by atoms with van der Waals surface area (Å²) in [5, 5.41) is 0.136. The molecule has 1 saturated heterocycles. The van der Waals surface area contributed by atoms with Crippen LogP contribution in [0.25, 0.3) is 0 Å². The van der Waals surface area contributed by atoms with Crippen molar-refractivity contribution in [2.75, 3.05) is 11.5 Å². The van der Waals surface area contributed by atoms with Gasteiger partial charge in [0.2, 0.25) is 0 Å². The highest BCUT2D eigenvalue weighted by Crippen LogP contribution is 2.48. The molecule has 35 heavy (non-hydrogen) atoms. The van der Waals surface area contributed by atoms with Crippen molar-refractivity contribution in [2.45, 2.75) is 62.0 Å². The molecule has 1 fully saturated rings. The third-order valence-electron chi connectivity index (χ3n) is 5.66. The van der Waals surface area contributed by atoms with Gasteiger partial charge in [-0.15, -0.1) is 11.8 Å². The highest BCUT2D eigenvalue weighted by Gasteiger charge is 2.54. The summed E-state index contributed by atoms with van der Waals surface area (Å²) >= 11 is 7.82. The lowest BCUT2D eigenvalue weighted by Crippen LogP contribution is -2.65. The lowest BCUT2D eigenvalue weighted by Gasteiger charge is -2.51. The Morgan fingerprint density at radius 2 is 1.66 bits per heavy atom. The topological polar surface area (TPSA) is 91.4 Å². The van der Waals surface area contributed by atoms with E-state index in [1.807, 2.05) is 42.5 Å². The van der Waals surface area contributed by atoms with Crippen LogP contribution in [0.15, 0.2) is 53.4 Å². The summed E-state index contributed by atoms with van der Waals surface area (Å²) < 4.78 is 23.0. The molecule has 0 radical (unpaired) electrons. The van der Waals surface area contributed by atoms with Crippen LogP contribution in [-0.4, -0.2) is 54.3 Å². The quantitative estimate of drug-likeness (QED) is 0.415. The molecule has 0 N–H and O–H groups in total. The number of fused-ring (bicyclic) bond motifs is 2. The molecular weight excluding hydrogens is 494 g/mol. The van der Waals surface area contributed by atoms with Gasteiger partial charge in [0.15, 0.2) is 12.2 Å². The van der Waals surface area contributed by atoms with Crippen molar-refractivity contribution in [3.05, 3.63) is 59.1 Å². The van der Waals surface area contributed by atoms with Crippen molar-refractivity contribution in [3.8, 4) is 0 Å². The van der Waals surface area contributed by atoms with Crippen LogP contribution in [0.2, 0.25) is 5.02 Å². The largest absolute Gasteiger partial charge is 0.463 e. The number of hydrogen-bond donors (Lipinski definition) is 0. The van der Waals surface area contributed by atoms with Gasteiger partial charge in [-0.2, -0.15) is 0 Å². The molecule has 2 aromatic rings. The predicted molar refractivity (Wildman–Crippen MR) is 130 cm³/mol. The number of esters is 3. The molecule has 4 rings (SSSR count). The smallest absolute Gasteiger partial charge is 0.303 e. The first-order valence-corrected chi connectivity index (χ1v) is 12.4. The molecule has 2 aliphatic rings. The van der Waals surface area contributed by atoms with Crippen LogP contribution < -0.4 is 4.90 Å². The average molecular weight is 520 g/mol. The molecule has 2 aliphatic heterocycles. The van der Waals surface area contributed by atoms with Crippen LogP contribution in [0.5, 0.6) is 0 Å². The van der Waals surface area contributed by atoms with Gasteiger partial charge < -0.3 is 23.8 Å². The fourth-order valence-corrected chi connectivity index (χ4v) is 5.89. The first-order valence-electron chi connectivity index (χ1n) is 11.1. The lowest BCUT2D eigenvalue weighted by atomic mass is 9.98. The van der Waals surface area contributed by atoms with E-state index >= 15 is 0 Å². The van der Waals surface area contributed by atoms with Crippen LogP contribution >= 0.6 is 23.4 Å². The normalized spacial score (nSPS) is 25.1. The van der Waals surface area contributed by atoms with Gasteiger partial charge in [-0.25, -0.2) is 0 Å². The second kappa shape index (κ2) is 10.9. The van der Waals surface area contributed by atoms with E-state index in [1.165, 1.54) is 32.5 Å². The Bertz CT molecular complexity index is 1100. The minimum atomic E-state index is -0.961. The number of carbonyl (C=O) groups is 3. The zero-order chi connectivity index (χ0) is 25.1. The molecule has 186 valence electrons. The zero-order valence-corrected chi connectivity index (χ0v) is 21.1. The van der Waals surface area contributed by atoms with Crippen molar-refractivity contribution in [1.82, 2.24) is 0 Å². The number of ether oxygens (including phenoxy) is 4. The van der Waals surface area contributed by atoms with Crippen molar-refractivity contribution in [2.24, 2.45) is 0 Å². The van der Waals surface area contributed by atoms with Gasteiger partial charge >= 0.3 is 17.9 Å². The maximum atomic E-state index is 12.1. The zero-order valence-electron chi connectivity index (χ0n) is 19.5. The van der Waals surface area contributed by atoms with Crippen LogP contribution in [0.1, 0.15) is 26.3 Å². The van der Waals surface area contributed by atoms with Crippen molar-refractivity contribution in [1.29, 1.82) is 0 Å². The summed E-state index contributed by atoms with van der Waals surface area (Å²) in [5.41, 5.74) is 1.90. The number of carbonyl (C=O) groups excluding carboxylic acids is 3. The second-order valence-corrected chi connectivity index (χ2v) is 9.98. The van der Waals surface area contributed by atoms with E-state index in [-0.39, 0.29) is 6.61 Å². The van der Waals surface area contributed by atoms with Gasteiger partial charge in [-0.1, -0.05) is 41.9 Å². The van der Waals surface area contributed by atoms with Gasteiger partial charge in [0.05, 0.1) is 10.9 Å². The number of rotatable bonds is 6. The Balaban J connectivity index is 1.78. The van der Waals surface area contributed by atoms with Crippen molar-refractivity contribution in [3.63, 3.8) is 0 Å². The Morgan fingerprint density at radius 1 is 0.971 bits per heavy atom. The molecule has 5 atom stereocenters. The Kier molecular flexibility index (Phi) is 7.88. The highest BCUT2D eigenvalue weighted by atomic mass is 35.5. The van der Waals surface area contributed by atoms with Gasteiger partial charge in [-0.05, 0) is 23.8 Å². The van der Waals surface area contributed by atoms with Gasteiger partial charge in [-0.3, -0.25) is 14.4 Å². The fraction of sp³-hybridized carbons (Fsp3) is 0.400. The summed E-state index contributed by atoms with van der Waals surface area (Å²) in [5.74, 6) is -1.58. The maximum absolute atomic E-state index is 12.1. The number of hydrogen-bond acceptors (Lipinski definition) is 9. The first-order chi connectivity index (χ1) is 16.7. The van der Waals surface area contributed by atoms with Gasteiger partial charge in [0.25, 0.3) is 0 Å². The lowest BCUT2D eigenvalue weighted by molar-refractivity contribution is -0.212. The highest BCUT2D eigenvalue weighted by molar-refractivity contribution is 8.00. The number of halogens is 1. The number of nitrogens with zero attached hydrogens (tertiary/aromatic N) is 1. The summed E-state index contributed by atoms with van der Waals surface area (Å²) in [7, 11) is 0. The van der Waals surface area contributed by atoms with E-state index < -0.39 is 47.7 Å². The molecule has 0 spiro atoms. The molecule has 0 bridgehead atoms. The fourth-order valence-electron chi connectivity index (χ4n) is 4.32. The van der Waals surface area contributed by atoms with Crippen LogP contribution in [-0.2, 0) is 39.9 Å². The molecule has 0 aromatic heterocycles. The van der Waals surface area contributed by atoms with Crippen molar-refractivity contribution < 1.29 is 33.3 Å². The standard InChI is InChI=1S/C25H26ClNO7S/c1-14(28)31-13-20-22(32-15(2)29)23(33-16(3)30)24-25(34-20)27(12-17-7-5-4-6-8-17)19-11-18(26)9-10-21(19)35-24/h4-11,20,22-25H,12-13H2,1-3H3/t20-,22-,23+,24+,25-/m1/s1. The summed E-state index contributed by atoms with van der Waals surface area (Å²) in [6.07, 6.45) is -3.25. The third kappa shape index (κ3) is 5.91.